The van der Waals surface area contributed by atoms with Gasteiger partial charge in [0.1, 0.15) is 0 Å². The Labute approximate surface area is 129 Å². The van der Waals surface area contributed by atoms with Crippen LogP contribution in [0.4, 0.5) is 5.69 Å². The van der Waals surface area contributed by atoms with Crippen LogP contribution >= 0.6 is 0 Å². The third-order valence-corrected chi connectivity index (χ3v) is 4.35. The summed E-state index contributed by atoms with van der Waals surface area (Å²) in [6, 6.07) is 7.25. The van der Waals surface area contributed by atoms with Gasteiger partial charge >= 0.3 is 0 Å². The van der Waals surface area contributed by atoms with E-state index in [1.807, 2.05) is 6.07 Å². The van der Waals surface area contributed by atoms with Crippen LogP contribution in [-0.2, 0) is 10.0 Å². The van der Waals surface area contributed by atoms with Gasteiger partial charge in [0.05, 0.1) is 11.0 Å². The number of nitriles is 1. The average molecular weight is 326 g/mol. The second kappa shape index (κ2) is 9.09. The molecule has 0 aliphatic rings. The zero-order chi connectivity index (χ0) is 16.4. The number of nitrogens with one attached hydrogen (secondary N) is 2. The SMILES string of the molecule is N#CCCNCCCCNS(=O)(=O)c1ccccc1[N+](=O)[O-]. The Kier molecular flexibility index (Phi) is 7.45. The Morgan fingerprint density at radius 1 is 1.18 bits per heavy atom. The highest BCUT2D eigenvalue weighted by atomic mass is 32.2. The Bertz CT molecular complexity index is 640. The van der Waals surface area contributed by atoms with Crippen molar-refractivity contribution in [1.82, 2.24) is 10.0 Å². The normalized spacial score (nSPS) is 11.0. The highest BCUT2D eigenvalue weighted by Crippen LogP contribution is 2.22. The van der Waals surface area contributed by atoms with Gasteiger partial charge in [0.2, 0.25) is 10.0 Å². The number of benzene rings is 1. The first-order valence-corrected chi connectivity index (χ1v) is 8.28. The fourth-order valence-corrected chi connectivity index (χ4v) is 3.01. The summed E-state index contributed by atoms with van der Waals surface area (Å²) in [5.74, 6) is 0. The lowest BCUT2D eigenvalue weighted by Gasteiger charge is -2.07. The van der Waals surface area contributed by atoms with Gasteiger partial charge in [0.15, 0.2) is 4.90 Å². The molecule has 0 aliphatic carbocycles. The van der Waals surface area contributed by atoms with E-state index in [0.717, 1.165) is 12.5 Å². The van der Waals surface area contributed by atoms with Crippen molar-refractivity contribution < 1.29 is 13.3 Å². The second-order valence-electron chi connectivity index (χ2n) is 4.49. The lowest BCUT2D eigenvalue weighted by Crippen LogP contribution is -2.26. The lowest BCUT2D eigenvalue weighted by atomic mass is 10.3. The molecule has 0 atom stereocenters. The van der Waals surface area contributed by atoms with Crippen LogP contribution in [0, 0.1) is 21.4 Å². The van der Waals surface area contributed by atoms with Gasteiger partial charge in [-0.2, -0.15) is 5.26 Å². The molecule has 0 saturated carbocycles. The molecule has 0 radical (unpaired) electrons. The minimum atomic E-state index is -3.89. The summed E-state index contributed by atoms with van der Waals surface area (Å²) in [6.45, 7) is 1.50. The maximum absolute atomic E-state index is 12.1. The van der Waals surface area contributed by atoms with E-state index in [1.54, 1.807) is 0 Å². The van der Waals surface area contributed by atoms with Crippen LogP contribution in [0.5, 0.6) is 0 Å². The van der Waals surface area contributed by atoms with Gasteiger partial charge in [0, 0.05) is 25.6 Å². The van der Waals surface area contributed by atoms with Crippen LogP contribution in [0.25, 0.3) is 0 Å². The predicted molar refractivity (Wildman–Crippen MR) is 80.6 cm³/mol. The highest BCUT2D eigenvalue weighted by Gasteiger charge is 2.24. The number of hydrogen-bond acceptors (Lipinski definition) is 6. The second-order valence-corrected chi connectivity index (χ2v) is 6.22. The molecule has 0 saturated heterocycles. The molecule has 0 heterocycles. The third-order valence-electron chi connectivity index (χ3n) is 2.84. The quantitative estimate of drug-likeness (QED) is 0.377. The number of sulfonamides is 1. The Morgan fingerprint density at radius 2 is 1.86 bits per heavy atom. The number of para-hydroxylation sites is 1. The molecule has 0 aliphatic heterocycles. The Balaban J connectivity index is 2.46. The molecule has 0 amide bonds. The summed E-state index contributed by atoms with van der Waals surface area (Å²) in [5, 5.41) is 22.3. The molecule has 22 heavy (non-hydrogen) atoms. The molecule has 1 rings (SSSR count). The first-order chi connectivity index (χ1) is 10.5. The summed E-state index contributed by atoms with van der Waals surface area (Å²) in [6.07, 6.45) is 1.77. The Hall–Kier alpha value is -2.02. The van der Waals surface area contributed by atoms with Crippen LogP contribution in [0.2, 0.25) is 0 Å². The van der Waals surface area contributed by atoms with Gasteiger partial charge in [-0.25, -0.2) is 13.1 Å². The van der Waals surface area contributed by atoms with Crippen LogP contribution in [-0.4, -0.2) is 33.0 Å². The van der Waals surface area contributed by atoms with Crippen LogP contribution in [0.3, 0.4) is 0 Å². The monoisotopic (exact) mass is 326 g/mol. The zero-order valence-electron chi connectivity index (χ0n) is 12.0. The molecule has 1 aromatic rings. The molecule has 0 bridgehead atoms. The van der Waals surface area contributed by atoms with Crippen molar-refractivity contribution in [3.05, 3.63) is 34.4 Å². The average Bonchev–Trinajstić information content (AvgIpc) is 2.50. The molecule has 0 unspecified atom stereocenters. The van der Waals surface area contributed by atoms with E-state index < -0.39 is 20.6 Å². The molecule has 8 nitrogen and oxygen atoms in total. The molecule has 9 heteroatoms. The molecule has 2 N–H and O–H groups in total. The number of hydrogen-bond donors (Lipinski definition) is 2. The van der Waals surface area contributed by atoms with Gasteiger partial charge in [-0.15, -0.1) is 0 Å². The fraction of sp³-hybridized carbons (Fsp3) is 0.462. The lowest BCUT2D eigenvalue weighted by molar-refractivity contribution is -0.387. The highest BCUT2D eigenvalue weighted by molar-refractivity contribution is 7.89. The van der Waals surface area contributed by atoms with E-state index in [4.69, 9.17) is 5.26 Å². The molecular weight excluding hydrogens is 308 g/mol. The molecular formula is C13H18N4O4S. The molecule has 0 fully saturated rings. The van der Waals surface area contributed by atoms with Gasteiger partial charge in [-0.05, 0) is 25.5 Å². The van der Waals surface area contributed by atoms with Crippen LogP contribution in [0.1, 0.15) is 19.3 Å². The maximum atomic E-state index is 12.1. The maximum Gasteiger partial charge on any atom is 0.289 e. The van der Waals surface area contributed by atoms with Crippen molar-refractivity contribution >= 4 is 15.7 Å². The van der Waals surface area contributed by atoms with Gasteiger partial charge < -0.3 is 5.32 Å². The number of unbranched alkanes of at least 4 members (excludes halogenated alkanes) is 1. The van der Waals surface area contributed by atoms with Crippen molar-refractivity contribution in [2.45, 2.75) is 24.2 Å². The van der Waals surface area contributed by atoms with E-state index >= 15 is 0 Å². The smallest absolute Gasteiger partial charge is 0.289 e. The first-order valence-electron chi connectivity index (χ1n) is 6.80. The number of nitrogens with zero attached hydrogens (tertiary/aromatic N) is 2. The van der Waals surface area contributed by atoms with Crippen molar-refractivity contribution in [2.75, 3.05) is 19.6 Å². The molecule has 120 valence electrons. The predicted octanol–water partition coefficient (Wildman–Crippen LogP) is 1.16. The summed E-state index contributed by atoms with van der Waals surface area (Å²) in [5.41, 5.74) is -0.437. The van der Waals surface area contributed by atoms with E-state index in [2.05, 4.69) is 10.0 Å². The Morgan fingerprint density at radius 3 is 2.55 bits per heavy atom. The van der Waals surface area contributed by atoms with E-state index in [-0.39, 0.29) is 11.4 Å². The minimum Gasteiger partial charge on any atom is -0.316 e. The standard InChI is InChI=1S/C13H18N4O4S/c14-8-5-10-15-9-3-4-11-16-22(20,21)13-7-2-1-6-12(13)17(18)19/h1-2,6-7,15-16H,3-5,9-11H2. The van der Waals surface area contributed by atoms with Crippen molar-refractivity contribution in [1.29, 1.82) is 5.26 Å². The van der Waals surface area contributed by atoms with Crippen LogP contribution in [0.15, 0.2) is 29.2 Å². The summed E-state index contributed by atoms with van der Waals surface area (Å²) in [7, 11) is -3.89. The van der Waals surface area contributed by atoms with Gasteiger partial charge in [0.25, 0.3) is 5.69 Å². The van der Waals surface area contributed by atoms with Crippen molar-refractivity contribution in [3.63, 3.8) is 0 Å². The molecule has 0 spiro atoms. The molecule has 1 aromatic carbocycles. The summed E-state index contributed by atoms with van der Waals surface area (Å²) >= 11 is 0. The van der Waals surface area contributed by atoms with E-state index in [0.29, 0.717) is 25.9 Å². The fourth-order valence-electron chi connectivity index (χ4n) is 1.76. The van der Waals surface area contributed by atoms with Crippen LogP contribution < -0.4 is 10.0 Å². The van der Waals surface area contributed by atoms with Crippen molar-refractivity contribution in [2.24, 2.45) is 0 Å². The number of nitro benzene ring substituents is 1. The van der Waals surface area contributed by atoms with E-state index in [9.17, 15) is 18.5 Å². The van der Waals surface area contributed by atoms with Crippen molar-refractivity contribution in [3.8, 4) is 6.07 Å². The summed E-state index contributed by atoms with van der Waals surface area (Å²) < 4.78 is 26.5. The van der Waals surface area contributed by atoms with Gasteiger partial charge in [-0.3, -0.25) is 10.1 Å². The first kappa shape index (κ1) is 18.0. The number of nitro groups is 1. The number of rotatable bonds is 10. The largest absolute Gasteiger partial charge is 0.316 e. The minimum absolute atomic E-state index is 0.203. The van der Waals surface area contributed by atoms with Gasteiger partial charge in [-0.1, -0.05) is 12.1 Å². The third kappa shape index (κ3) is 5.77. The molecule has 0 aromatic heterocycles. The topological polar surface area (TPSA) is 125 Å². The summed E-state index contributed by atoms with van der Waals surface area (Å²) in [4.78, 5) is 9.81. The zero-order valence-corrected chi connectivity index (χ0v) is 12.8. The van der Waals surface area contributed by atoms with E-state index in [1.165, 1.54) is 18.2 Å².